The molecule has 2 aliphatic rings. The number of aliphatic imine (C=N–C) groups is 1. The second kappa shape index (κ2) is 9.91. The molecule has 2 atom stereocenters. The van der Waals surface area contributed by atoms with Gasteiger partial charge in [-0.15, -0.1) is 24.0 Å². The molecule has 2 unspecified atom stereocenters. The van der Waals surface area contributed by atoms with Crippen LogP contribution in [0.25, 0.3) is 0 Å². The van der Waals surface area contributed by atoms with E-state index < -0.39 is 10.0 Å². The Morgan fingerprint density at radius 2 is 1.96 bits per heavy atom. The van der Waals surface area contributed by atoms with Gasteiger partial charge in [0.15, 0.2) is 5.96 Å². The number of amides is 1. The Labute approximate surface area is 167 Å². The molecule has 0 aliphatic carbocycles. The van der Waals surface area contributed by atoms with Crippen LogP contribution in [0.1, 0.15) is 26.2 Å². The van der Waals surface area contributed by atoms with E-state index in [2.05, 4.69) is 15.6 Å². The number of guanidine groups is 1. The van der Waals surface area contributed by atoms with Crippen LogP contribution in [0, 0.1) is 5.92 Å². The zero-order chi connectivity index (χ0) is 17.7. The summed E-state index contributed by atoms with van der Waals surface area (Å²) in [4.78, 5) is 17.8. The topological polar surface area (TPSA) is 94.1 Å². The van der Waals surface area contributed by atoms with E-state index in [9.17, 15) is 13.2 Å². The average Bonchev–Trinajstić information content (AvgIpc) is 3.19. The maximum atomic E-state index is 11.7. The minimum atomic E-state index is -3.09. The van der Waals surface area contributed by atoms with Crippen molar-refractivity contribution in [1.82, 2.24) is 19.8 Å². The molecule has 25 heavy (non-hydrogen) atoms. The van der Waals surface area contributed by atoms with Gasteiger partial charge in [-0.05, 0) is 18.8 Å². The predicted molar refractivity (Wildman–Crippen MR) is 110 cm³/mol. The number of sulfonamides is 1. The highest BCUT2D eigenvalue weighted by Gasteiger charge is 2.29. The van der Waals surface area contributed by atoms with Gasteiger partial charge >= 0.3 is 0 Å². The SMILES string of the molecule is CCC(=O)N1CCC(NC(=NC)NCC2CCN(S(C)(=O)=O)C2)C1.I. The molecular weight excluding hydrogens is 457 g/mol. The van der Waals surface area contributed by atoms with Gasteiger partial charge in [0, 0.05) is 52.2 Å². The largest absolute Gasteiger partial charge is 0.356 e. The Hall–Kier alpha value is -0.620. The maximum Gasteiger partial charge on any atom is 0.222 e. The monoisotopic (exact) mass is 487 g/mol. The summed E-state index contributed by atoms with van der Waals surface area (Å²) in [6.45, 7) is 5.21. The summed E-state index contributed by atoms with van der Waals surface area (Å²) in [6, 6.07) is 0.211. The average molecular weight is 487 g/mol. The summed E-state index contributed by atoms with van der Waals surface area (Å²) in [5, 5.41) is 6.64. The molecule has 0 aromatic rings. The number of likely N-dealkylation sites (tertiary alicyclic amines) is 1. The highest BCUT2D eigenvalue weighted by molar-refractivity contribution is 14.0. The highest BCUT2D eigenvalue weighted by Crippen LogP contribution is 2.18. The quantitative estimate of drug-likeness (QED) is 0.325. The van der Waals surface area contributed by atoms with Crippen molar-refractivity contribution in [3.8, 4) is 0 Å². The molecule has 2 saturated heterocycles. The van der Waals surface area contributed by atoms with E-state index in [4.69, 9.17) is 0 Å². The van der Waals surface area contributed by atoms with E-state index in [1.165, 1.54) is 10.6 Å². The first-order chi connectivity index (χ1) is 11.3. The molecule has 2 N–H and O–H groups in total. The first-order valence-corrected chi connectivity index (χ1v) is 10.4. The molecule has 146 valence electrons. The van der Waals surface area contributed by atoms with E-state index in [1.54, 1.807) is 7.05 Å². The summed E-state index contributed by atoms with van der Waals surface area (Å²) < 4.78 is 24.6. The summed E-state index contributed by atoms with van der Waals surface area (Å²) in [5.74, 6) is 1.19. The maximum absolute atomic E-state index is 11.7. The molecular formula is C15H30IN5O3S. The lowest BCUT2D eigenvalue weighted by Crippen LogP contribution is -2.46. The first-order valence-electron chi connectivity index (χ1n) is 8.53. The standard InChI is InChI=1S/C15H29N5O3S.HI/c1-4-14(21)19-7-6-13(11-19)18-15(16-2)17-9-12-5-8-20(10-12)24(3,22)23;/h12-13H,4-11H2,1-3H3,(H2,16,17,18);1H. The van der Waals surface area contributed by atoms with Crippen LogP contribution in [0.5, 0.6) is 0 Å². The van der Waals surface area contributed by atoms with Crippen molar-refractivity contribution in [2.24, 2.45) is 10.9 Å². The molecule has 2 aliphatic heterocycles. The first kappa shape index (κ1) is 22.4. The Morgan fingerprint density at radius 1 is 1.24 bits per heavy atom. The summed E-state index contributed by atoms with van der Waals surface area (Å²) in [6.07, 6.45) is 3.57. The van der Waals surface area contributed by atoms with Crippen molar-refractivity contribution in [2.45, 2.75) is 32.2 Å². The molecule has 0 spiro atoms. The number of carbonyl (C=O) groups is 1. The van der Waals surface area contributed by atoms with Crippen molar-refractivity contribution in [1.29, 1.82) is 0 Å². The number of nitrogens with one attached hydrogen (secondary N) is 2. The number of rotatable bonds is 5. The molecule has 2 fully saturated rings. The van der Waals surface area contributed by atoms with Crippen LogP contribution in [0.2, 0.25) is 0 Å². The summed E-state index contributed by atoms with van der Waals surface area (Å²) in [7, 11) is -1.37. The lowest BCUT2D eigenvalue weighted by molar-refractivity contribution is -0.129. The molecule has 2 rings (SSSR count). The molecule has 2 heterocycles. The molecule has 10 heteroatoms. The van der Waals surface area contributed by atoms with Gasteiger partial charge in [-0.3, -0.25) is 9.79 Å². The normalized spacial score (nSPS) is 24.9. The van der Waals surface area contributed by atoms with Gasteiger partial charge in [0.1, 0.15) is 0 Å². The fourth-order valence-corrected chi connectivity index (χ4v) is 4.14. The minimum absolute atomic E-state index is 0. The molecule has 0 saturated carbocycles. The van der Waals surface area contributed by atoms with Crippen LogP contribution in [0.15, 0.2) is 4.99 Å². The molecule has 8 nitrogen and oxygen atoms in total. The predicted octanol–water partition coefficient (Wildman–Crippen LogP) is 0.0618. The zero-order valence-corrected chi connectivity index (χ0v) is 18.3. The van der Waals surface area contributed by atoms with E-state index in [0.29, 0.717) is 44.5 Å². The summed E-state index contributed by atoms with van der Waals surface area (Å²) in [5.41, 5.74) is 0. The number of hydrogen-bond donors (Lipinski definition) is 2. The van der Waals surface area contributed by atoms with Gasteiger partial charge in [0.2, 0.25) is 15.9 Å². The molecule has 0 aromatic heterocycles. The second-order valence-corrected chi connectivity index (χ2v) is 8.53. The van der Waals surface area contributed by atoms with E-state index >= 15 is 0 Å². The van der Waals surface area contributed by atoms with Crippen molar-refractivity contribution in [3.05, 3.63) is 0 Å². The van der Waals surface area contributed by atoms with E-state index in [0.717, 1.165) is 19.4 Å². The zero-order valence-electron chi connectivity index (χ0n) is 15.2. The van der Waals surface area contributed by atoms with Gasteiger partial charge in [-0.2, -0.15) is 0 Å². The highest BCUT2D eigenvalue weighted by atomic mass is 127. The third-order valence-electron chi connectivity index (χ3n) is 4.68. The number of carbonyl (C=O) groups excluding carboxylic acids is 1. The fourth-order valence-electron chi connectivity index (χ4n) is 3.22. The van der Waals surface area contributed by atoms with E-state index in [-0.39, 0.29) is 35.9 Å². The number of halogens is 1. The van der Waals surface area contributed by atoms with Crippen LogP contribution in [0.4, 0.5) is 0 Å². The van der Waals surface area contributed by atoms with Gasteiger partial charge in [-0.1, -0.05) is 6.92 Å². The Kier molecular flexibility index (Phi) is 8.89. The molecule has 0 bridgehead atoms. The Bertz CT molecular complexity index is 584. The van der Waals surface area contributed by atoms with Crippen molar-refractivity contribution in [2.75, 3.05) is 46.0 Å². The van der Waals surface area contributed by atoms with Crippen LogP contribution in [-0.4, -0.2) is 81.6 Å². The molecule has 0 radical (unpaired) electrons. The third kappa shape index (κ3) is 6.55. The number of hydrogen-bond acceptors (Lipinski definition) is 4. The smallest absolute Gasteiger partial charge is 0.222 e. The van der Waals surface area contributed by atoms with Gasteiger partial charge in [0.05, 0.1) is 6.26 Å². The summed E-state index contributed by atoms with van der Waals surface area (Å²) >= 11 is 0. The Morgan fingerprint density at radius 3 is 2.52 bits per heavy atom. The van der Waals surface area contributed by atoms with Gasteiger partial charge in [-0.25, -0.2) is 12.7 Å². The van der Waals surface area contributed by atoms with Crippen molar-refractivity contribution in [3.63, 3.8) is 0 Å². The van der Waals surface area contributed by atoms with Crippen molar-refractivity contribution < 1.29 is 13.2 Å². The lowest BCUT2D eigenvalue weighted by Gasteiger charge is -2.20. The number of nitrogens with zero attached hydrogens (tertiary/aromatic N) is 3. The van der Waals surface area contributed by atoms with Gasteiger partial charge in [0.25, 0.3) is 0 Å². The van der Waals surface area contributed by atoms with Crippen LogP contribution in [0.3, 0.4) is 0 Å². The van der Waals surface area contributed by atoms with Crippen molar-refractivity contribution >= 4 is 45.9 Å². The minimum Gasteiger partial charge on any atom is -0.356 e. The van der Waals surface area contributed by atoms with Crippen LogP contribution < -0.4 is 10.6 Å². The lowest BCUT2D eigenvalue weighted by atomic mass is 10.1. The third-order valence-corrected chi connectivity index (χ3v) is 5.95. The van der Waals surface area contributed by atoms with Crippen LogP contribution >= 0.6 is 24.0 Å². The second-order valence-electron chi connectivity index (χ2n) is 6.55. The van der Waals surface area contributed by atoms with Gasteiger partial charge < -0.3 is 15.5 Å². The molecule has 0 aromatic carbocycles. The molecule has 1 amide bonds. The Balaban J connectivity index is 0.00000312. The van der Waals surface area contributed by atoms with Crippen LogP contribution in [-0.2, 0) is 14.8 Å². The fraction of sp³-hybridized carbons (Fsp3) is 0.867. The van der Waals surface area contributed by atoms with E-state index in [1.807, 2.05) is 11.8 Å².